The number of ether oxygens (including phenoxy) is 2. The Morgan fingerprint density at radius 1 is 0.944 bits per heavy atom. The van der Waals surface area contributed by atoms with Crippen molar-refractivity contribution in [2.24, 2.45) is 5.92 Å². The summed E-state index contributed by atoms with van der Waals surface area (Å²) in [6.45, 7) is 5.64. The lowest BCUT2D eigenvalue weighted by Crippen LogP contribution is -2.28. The van der Waals surface area contributed by atoms with Crippen LogP contribution in [0.2, 0.25) is 5.02 Å². The summed E-state index contributed by atoms with van der Waals surface area (Å²) in [6, 6.07) is 18.1. The second-order valence-electron chi connectivity index (χ2n) is 8.86. The maximum absolute atomic E-state index is 12.6. The van der Waals surface area contributed by atoms with Gasteiger partial charge in [0.1, 0.15) is 11.5 Å². The summed E-state index contributed by atoms with van der Waals surface area (Å²) in [5, 5.41) is 3.17. The number of aryl methyl sites for hydroxylation is 3. The molecule has 0 bridgehead atoms. The number of hydrogen-bond donors (Lipinski definition) is 1. The van der Waals surface area contributed by atoms with Crippen LogP contribution in [0.3, 0.4) is 0 Å². The number of hydrogen-bond acceptors (Lipinski definition) is 5. The summed E-state index contributed by atoms with van der Waals surface area (Å²) < 4.78 is 11.1. The first kappa shape index (κ1) is 25.3. The molecule has 0 radical (unpaired) electrons. The topological polar surface area (TPSA) is 84.9 Å². The van der Waals surface area contributed by atoms with Gasteiger partial charge in [0.25, 0.3) is 5.91 Å². The summed E-state index contributed by atoms with van der Waals surface area (Å²) in [4.78, 5) is 38.9. The van der Waals surface area contributed by atoms with Crippen LogP contribution in [0.4, 0.5) is 11.4 Å². The first-order chi connectivity index (χ1) is 17.2. The molecule has 36 heavy (non-hydrogen) atoms. The second-order valence-corrected chi connectivity index (χ2v) is 9.30. The number of esters is 1. The molecule has 2 amide bonds. The van der Waals surface area contributed by atoms with Crippen molar-refractivity contribution in [3.05, 3.63) is 82.4 Å². The fourth-order valence-electron chi connectivity index (χ4n) is 3.89. The van der Waals surface area contributed by atoms with Crippen LogP contribution in [0, 0.1) is 26.7 Å². The van der Waals surface area contributed by atoms with E-state index in [2.05, 4.69) is 5.32 Å². The van der Waals surface area contributed by atoms with Crippen molar-refractivity contribution in [3.8, 4) is 11.5 Å². The van der Waals surface area contributed by atoms with Crippen molar-refractivity contribution in [3.63, 3.8) is 0 Å². The highest BCUT2D eigenvalue weighted by Crippen LogP contribution is 2.30. The van der Waals surface area contributed by atoms with Crippen molar-refractivity contribution in [1.29, 1.82) is 0 Å². The number of benzene rings is 3. The summed E-state index contributed by atoms with van der Waals surface area (Å²) in [6.07, 6.45) is 0.0226. The summed E-state index contributed by atoms with van der Waals surface area (Å²) >= 11 is 5.97. The third kappa shape index (κ3) is 6.04. The maximum Gasteiger partial charge on any atom is 0.311 e. The number of rotatable bonds is 7. The SMILES string of the molecule is Cc1ccc(Oc2ccc(N3C[C@H](C(=O)OCC(=O)Nc4cc(Cl)ccc4C)CC3=O)cc2)cc1C. The molecule has 1 aliphatic rings. The molecule has 7 nitrogen and oxygen atoms in total. The minimum Gasteiger partial charge on any atom is -0.457 e. The largest absolute Gasteiger partial charge is 0.457 e. The van der Waals surface area contributed by atoms with Crippen LogP contribution in [0.1, 0.15) is 23.1 Å². The quantitative estimate of drug-likeness (QED) is 0.422. The lowest BCUT2D eigenvalue weighted by molar-refractivity contribution is -0.151. The molecule has 186 valence electrons. The van der Waals surface area contributed by atoms with E-state index < -0.39 is 24.4 Å². The summed E-state index contributed by atoms with van der Waals surface area (Å²) in [7, 11) is 0. The Kier molecular flexibility index (Phi) is 7.60. The van der Waals surface area contributed by atoms with Crippen LogP contribution in [-0.4, -0.2) is 30.9 Å². The minimum absolute atomic E-state index is 0.0226. The van der Waals surface area contributed by atoms with Gasteiger partial charge in [-0.2, -0.15) is 0 Å². The number of amides is 2. The number of carbonyl (C=O) groups is 3. The Labute approximate surface area is 215 Å². The van der Waals surface area contributed by atoms with E-state index in [1.807, 2.05) is 39.0 Å². The molecule has 3 aromatic carbocycles. The zero-order valence-corrected chi connectivity index (χ0v) is 21.1. The van der Waals surface area contributed by atoms with Crippen molar-refractivity contribution in [1.82, 2.24) is 0 Å². The van der Waals surface area contributed by atoms with Gasteiger partial charge in [0.05, 0.1) is 5.92 Å². The fraction of sp³-hybridized carbons (Fsp3) is 0.250. The third-order valence-electron chi connectivity index (χ3n) is 6.14. The van der Waals surface area contributed by atoms with E-state index in [0.717, 1.165) is 16.9 Å². The first-order valence-electron chi connectivity index (χ1n) is 11.6. The molecule has 1 aliphatic heterocycles. The standard InChI is InChI=1S/C28H27ClN2O5/c1-17-5-9-24(12-19(17)3)36-23-10-7-22(8-11-23)31-15-20(13-27(31)33)28(34)35-16-26(32)30-25-14-21(29)6-4-18(25)2/h4-12,14,20H,13,15-16H2,1-3H3,(H,30,32)/t20-/m1/s1. The van der Waals surface area contributed by atoms with Gasteiger partial charge in [-0.25, -0.2) is 0 Å². The molecule has 8 heteroatoms. The molecular formula is C28H27ClN2O5. The Balaban J connectivity index is 1.30. The number of carbonyl (C=O) groups excluding carboxylic acids is 3. The molecule has 4 rings (SSSR count). The minimum atomic E-state index is -0.648. The van der Waals surface area contributed by atoms with Gasteiger partial charge in [0, 0.05) is 29.4 Å². The summed E-state index contributed by atoms with van der Waals surface area (Å²) in [5.74, 6) is -0.512. The normalized spacial score (nSPS) is 15.1. The van der Waals surface area contributed by atoms with Gasteiger partial charge in [-0.05, 0) is 86.0 Å². The van der Waals surface area contributed by atoms with Crippen LogP contribution < -0.4 is 15.0 Å². The van der Waals surface area contributed by atoms with Crippen molar-refractivity contribution < 1.29 is 23.9 Å². The predicted octanol–water partition coefficient (Wildman–Crippen LogP) is 5.59. The highest BCUT2D eigenvalue weighted by atomic mass is 35.5. The van der Waals surface area contributed by atoms with E-state index in [1.165, 1.54) is 5.56 Å². The zero-order valence-electron chi connectivity index (χ0n) is 20.3. The van der Waals surface area contributed by atoms with Gasteiger partial charge in [-0.1, -0.05) is 23.7 Å². The average Bonchev–Trinajstić information content (AvgIpc) is 3.24. The van der Waals surface area contributed by atoms with Gasteiger partial charge >= 0.3 is 5.97 Å². The van der Waals surface area contributed by atoms with E-state index in [-0.39, 0.29) is 18.9 Å². The number of nitrogens with zero attached hydrogens (tertiary/aromatic N) is 1. The van der Waals surface area contributed by atoms with Crippen LogP contribution >= 0.6 is 11.6 Å². The van der Waals surface area contributed by atoms with Crippen LogP contribution in [0.15, 0.2) is 60.7 Å². The van der Waals surface area contributed by atoms with Crippen molar-refractivity contribution in [2.75, 3.05) is 23.4 Å². The van der Waals surface area contributed by atoms with E-state index in [9.17, 15) is 14.4 Å². The van der Waals surface area contributed by atoms with E-state index >= 15 is 0 Å². The van der Waals surface area contributed by atoms with Crippen molar-refractivity contribution in [2.45, 2.75) is 27.2 Å². The Bertz CT molecular complexity index is 1310. The van der Waals surface area contributed by atoms with Gasteiger partial charge in [-0.3, -0.25) is 14.4 Å². The number of halogens is 1. The first-order valence-corrected chi connectivity index (χ1v) is 12.0. The average molecular weight is 507 g/mol. The number of nitrogens with one attached hydrogen (secondary N) is 1. The zero-order chi connectivity index (χ0) is 25.8. The molecule has 1 saturated heterocycles. The molecule has 1 N–H and O–H groups in total. The van der Waals surface area contributed by atoms with Crippen molar-refractivity contribution >= 4 is 40.8 Å². The van der Waals surface area contributed by atoms with Crippen LogP contribution in [-0.2, 0) is 19.1 Å². The highest BCUT2D eigenvalue weighted by Gasteiger charge is 2.36. The number of anilines is 2. The molecule has 1 atom stereocenters. The molecule has 1 heterocycles. The van der Waals surface area contributed by atoms with Gasteiger partial charge in [0.15, 0.2) is 6.61 Å². The van der Waals surface area contributed by atoms with Crippen LogP contribution in [0.5, 0.6) is 11.5 Å². The van der Waals surface area contributed by atoms with Gasteiger partial charge in [0.2, 0.25) is 5.91 Å². The van der Waals surface area contributed by atoms with E-state index in [1.54, 1.807) is 47.4 Å². The van der Waals surface area contributed by atoms with Gasteiger partial charge in [-0.15, -0.1) is 0 Å². The summed E-state index contributed by atoms with van der Waals surface area (Å²) in [5.41, 5.74) is 4.38. The molecule has 1 fully saturated rings. The lowest BCUT2D eigenvalue weighted by Gasteiger charge is -2.17. The third-order valence-corrected chi connectivity index (χ3v) is 6.38. The van der Waals surface area contributed by atoms with E-state index in [4.69, 9.17) is 21.1 Å². The molecule has 0 spiro atoms. The fourth-order valence-corrected chi connectivity index (χ4v) is 4.06. The molecule has 3 aromatic rings. The molecule has 0 saturated carbocycles. The Hall–Kier alpha value is -3.84. The maximum atomic E-state index is 12.6. The molecule has 0 aromatic heterocycles. The highest BCUT2D eigenvalue weighted by molar-refractivity contribution is 6.31. The van der Waals surface area contributed by atoms with E-state index in [0.29, 0.717) is 22.1 Å². The monoisotopic (exact) mass is 506 g/mol. The Morgan fingerprint density at radius 3 is 2.36 bits per heavy atom. The van der Waals surface area contributed by atoms with Gasteiger partial charge < -0.3 is 19.7 Å². The second kappa shape index (κ2) is 10.8. The smallest absolute Gasteiger partial charge is 0.311 e. The lowest BCUT2D eigenvalue weighted by atomic mass is 10.1. The molecule has 0 unspecified atom stereocenters. The predicted molar refractivity (Wildman–Crippen MR) is 139 cm³/mol. The van der Waals surface area contributed by atoms with Crippen LogP contribution in [0.25, 0.3) is 0 Å². The molecular weight excluding hydrogens is 480 g/mol. The molecule has 0 aliphatic carbocycles. The Morgan fingerprint density at radius 2 is 1.64 bits per heavy atom.